The van der Waals surface area contributed by atoms with Crippen molar-refractivity contribution in [3.63, 3.8) is 0 Å². The van der Waals surface area contributed by atoms with Crippen LogP contribution in [0.1, 0.15) is 32.8 Å². The molecule has 88 valence electrons. The molecule has 4 nitrogen and oxygen atoms in total. The zero-order valence-electron chi connectivity index (χ0n) is 10.2. The molecule has 0 fully saturated rings. The summed E-state index contributed by atoms with van der Waals surface area (Å²) >= 11 is 0. The predicted octanol–water partition coefficient (Wildman–Crippen LogP) is 3.50. The van der Waals surface area contributed by atoms with Crippen molar-refractivity contribution in [2.45, 2.75) is 39.7 Å². The van der Waals surface area contributed by atoms with Crippen molar-refractivity contribution in [3.8, 4) is 0 Å². The Morgan fingerprint density at radius 1 is 1.44 bits per heavy atom. The number of hydrogen-bond donors (Lipinski definition) is 1. The van der Waals surface area contributed by atoms with Gasteiger partial charge in [0.05, 0.1) is 4.92 Å². The van der Waals surface area contributed by atoms with E-state index in [0.29, 0.717) is 5.69 Å². The van der Waals surface area contributed by atoms with Crippen LogP contribution in [0.25, 0.3) is 0 Å². The first-order valence-electron chi connectivity index (χ1n) is 5.39. The van der Waals surface area contributed by atoms with Crippen LogP contribution >= 0.6 is 0 Å². The van der Waals surface area contributed by atoms with E-state index in [9.17, 15) is 10.1 Å². The summed E-state index contributed by atoms with van der Waals surface area (Å²) in [6, 6.07) is 5.11. The summed E-state index contributed by atoms with van der Waals surface area (Å²) in [5.41, 5.74) is 1.60. The molecule has 0 bridgehead atoms. The lowest BCUT2D eigenvalue weighted by Crippen LogP contribution is -2.30. The summed E-state index contributed by atoms with van der Waals surface area (Å²) in [7, 11) is 0. The molecule has 0 radical (unpaired) electrons. The van der Waals surface area contributed by atoms with E-state index >= 15 is 0 Å². The summed E-state index contributed by atoms with van der Waals surface area (Å²) in [6.45, 7) is 8.03. The Balaban J connectivity index is 3.10. The zero-order valence-corrected chi connectivity index (χ0v) is 10.2. The molecule has 0 amide bonds. The second kappa shape index (κ2) is 4.51. The standard InChI is InChI=1S/C12H18N2O2/c1-5-12(3,4)13-10-8-9(2)6-7-11(10)14(15)16/h6-8,13H,5H2,1-4H3. The first-order valence-corrected chi connectivity index (χ1v) is 5.39. The lowest BCUT2D eigenvalue weighted by molar-refractivity contribution is -0.384. The average Bonchev–Trinajstić information content (AvgIpc) is 2.16. The van der Waals surface area contributed by atoms with Crippen LogP contribution in [0.3, 0.4) is 0 Å². The van der Waals surface area contributed by atoms with Crippen molar-refractivity contribution in [1.82, 2.24) is 0 Å². The molecule has 4 heteroatoms. The van der Waals surface area contributed by atoms with Gasteiger partial charge in [0.25, 0.3) is 5.69 Å². The smallest absolute Gasteiger partial charge is 0.292 e. The third-order valence-electron chi connectivity index (χ3n) is 2.71. The Bertz CT molecular complexity index is 400. The number of hydrogen-bond acceptors (Lipinski definition) is 3. The quantitative estimate of drug-likeness (QED) is 0.626. The molecule has 0 aliphatic heterocycles. The van der Waals surface area contributed by atoms with Gasteiger partial charge in [-0.1, -0.05) is 13.0 Å². The normalized spacial score (nSPS) is 11.2. The number of aryl methyl sites for hydroxylation is 1. The van der Waals surface area contributed by atoms with Crippen molar-refractivity contribution >= 4 is 11.4 Å². The van der Waals surface area contributed by atoms with E-state index in [0.717, 1.165) is 12.0 Å². The van der Waals surface area contributed by atoms with E-state index in [4.69, 9.17) is 0 Å². The van der Waals surface area contributed by atoms with Crippen molar-refractivity contribution in [1.29, 1.82) is 0 Å². The van der Waals surface area contributed by atoms with Gasteiger partial charge in [-0.05, 0) is 38.8 Å². The highest BCUT2D eigenvalue weighted by atomic mass is 16.6. The van der Waals surface area contributed by atoms with Gasteiger partial charge >= 0.3 is 0 Å². The lowest BCUT2D eigenvalue weighted by atomic mass is 10.0. The van der Waals surface area contributed by atoms with Gasteiger partial charge in [0.2, 0.25) is 0 Å². The van der Waals surface area contributed by atoms with Crippen LogP contribution in [0.2, 0.25) is 0 Å². The van der Waals surface area contributed by atoms with Crippen LogP contribution in [-0.2, 0) is 0 Å². The topological polar surface area (TPSA) is 55.2 Å². The molecule has 0 atom stereocenters. The van der Waals surface area contributed by atoms with E-state index in [1.54, 1.807) is 12.1 Å². The molecule has 0 saturated carbocycles. The van der Waals surface area contributed by atoms with Crippen LogP contribution in [0.15, 0.2) is 18.2 Å². The Labute approximate surface area is 95.8 Å². The summed E-state index contributed by atoms with van der Waals surface area (Å²) in [5, 5.41) is 14.1. The molecule has 0 aliphatic carbocycles. The van der Waals surface area contributed by atoms with E-state index in [1.165, 1.54) is 0 Å². The maximum Gasteiger partial charge on any atom is 0.292 e. The summed E-state index contributed by atoms with van der Waals surface area (Å²) in [4.78, 5) is 10.5. The average molecular weight is 222 g/mol. The second-order valence-corrected chi connectivity index (χ2v) is 4.64. The van der Waals surface area contributed by atoms with Gasteiger partial charge in [0.15, 0.2) is 0 Å². The van der Waals surface area contributed by atoms with Crippen LogP contribution in [0.5, 0.6) is 0 Å². The monoisotopic (exact) mass is 222 g/mol. The summed E-state index contributed by atoms with van der Waals surface area (Å²) in [5.74, 6) is 0. The van der Waals surface area contributed by atoms with Crippen molar-refractivity contribution in [3.05, 3.63) is 33.9 Å². The number of nitrogens with one attached hydrogen (secondary N) is 1. The fourth-order valence-corrected chi connectivity index (χ4v) is 1.36. The molecule has 1 rings (SSSR count). The molecule has 1 N–H and O–H groups in total. The van der Waals surface area contributed by atoms with Crippen LogP contribution in [-0.4, -0.2) is 10.5 Å². The van der Waals surface area contributed by atoms with Gasteiger partial charge in [-0.2, -0.15) is 0 Å². The van der Waals surface area contributed by atoms with Crippen LogP contribution in [0.4, 0.5) is 11.4 Å². The van der Waals surface area contributed by atoms with E-state index in [2.05, 4.69) is 12.2 Å². The van der Waals surface area contributed by atoms with Crippen molar-refractivity contribution < 1.29 is 4.92 Å². The van der Waals surface area contributed by atoms with Crippen LogP contribution in [0, 0.1) is 17.0 Å². The molecule has 1 aromatic carbocycles. The Hall–Kier alpha value is -1.58. The summed E-state index contributed by atoms with van der Waals surface area (Å²) in [6.07, 6.45) is 0.901. The molecule has 16 heavy (non-hydrogen) atoms. The maximum atomic E-state index is 10.9. The SMILES string of the molecule is CCC(C)(C)Nc1cc(C)ccc1[N+](=O)[O-]. The highest BCUT2D eigenvalue weighted by Crippen LogP contribution is 2.28. The van der Waals surface area contributed by atoms with E-state index in [-0.39, 0.29) is 16.1 Å². The second-order valence-electron chi connectivity index (χ2n) is 4.64. The minimum atomic E-state index is -0.354. The number of anilines is 1. The highest BCUT2D eigenvalue weighted by molar-refractivity contribution is 5.63. The van der Waals surface area contributed by atoms with Gasteiger partial charge in [0, 0.05) is 11.6 Å². The largest absolute Gasteiger partial charge is 0.375 e. The molecular weight excluding hydrogens is 204 g/mol. The van der Waals surface area contributed by atoms with Gasteiger partial charge in [-0.15, -0.1) is 0 Å². The van der Waals surface area contributed by atoms with Gasteiger partial charge in [0.1, 0.15) is 5.69 Å². The van der Waals surface area contributed by atoms with Gasteiger partial charge < -0.3 is 5.32 Å². The molecule has 0 saturated heterocycles. The third kappa shape index (κ3) is 2.95. The minimum Gasteiger partial charge on any atom is -0.375 e. The molecule has 0 unspecified atom stereocenters. The third-order valence-corrected chi connectivity index (χ3v) is 2.71. The number of nitro groups is 1. The molecule has 0 heterocycles. The van der Waals surface area contributed by atoms with Crippen molar-refractivity contribution in [2.75, 3.05) is 5.32 Å². The Morgan fingerprint density at radius 2 is 2.06 bits per heavy atom. The Morgan fingerprint density at radius 3 is 2.56 bits per heavy atom. The number of nitrogens with zero attached hydrogens (tertiary/aromatic N) is 1. The lowest BCUT2D eigenvalue weighted by Gasteiger charge is -2.25. The van der Waals surface area contributed by atoms with Gasteiger partial charge in [-0.25, -0.2) is 0 Å². The number of nitro benzene ring substituents is 1. The minimum absolute atomic E-state index is 0.132. The maximum absolute atomic E-state index is 10.9. The van der Waals surface area contributed by atoms with Crippen LogP contribution < -0.4 is 5.32 Å². The molecule has 1 aromatic rings. The number of benzene rings is 1. The van der Waals surface area contributed by atoms with Crippen molar-refractivity contribution in [2.24, 2.45) is 0 Å². The fraction of sp³-hybridized carbons (Fsp3) is 0.500. The first-order chi connectivity index (χ1) is 7.35. The molecule has 0 spiro atoms. The molecule has 0 aliphatic rings. The van der Waals surface area contributed by atoms with E-state index < -0.39 is 0 Å². The predicted molar refractivity (Wildman–Crippen MR) is 65.8 cm³/mol. The van der Waals surface area contributed by atoms with Gasteiger partial charge in [-0.3, -0.25) is 10.1 Å². The molecular formula is C12H18N2O2. The highest BCUT2D eigenvalue weighted by Gasteiger charge is 2.20. The zero-order chi connectivity index (χ0) is 12.3. The summed E-state index contributed by atoms with van der Waals surface area (Å²) < 4.78 is 0. The first kappa shape index (κ1) is 12.5. The van der Waals surface area contributed by atoms with E-state index in [1.807, 2.05) is 26.8 Å². The number of rotatable bonds is 4. The fourth-order valence-electron chi connectivity index (χ4n) is 1.36. The molecule has 0 aromatic heterocycles. The Kier molecular flexibility index (Phi) is 3.52.